The normalized spacial score (nSPS) is 23.2. The van der Waals surface area contributed by atoms with Gasteiger partial charge in [-0.2, -0.15) is 0 Å². The van der Waals surface area contributed by atoms with Gasteiger partial charge < -0.3 is 9.88 Å². The molecule has 1 aliphatic carbocycles. The molecule has 0 spiro atoms. The average molecular weight is 229 g/mol. The molecule has 88 valence electrons. The van der Waals surface area contributed by atoms with Gasteiger partial charge in [0.15, 0.2) is 5.82 Å². The SMILES string of the molecule is O=C(c1ncc[nH]1)N1CCCC2CC=CC=C21. The van der Waals surface area contributed by atoms with Crippen LogP contribution in [-0.2, 0) is 0 Å². The summed E-state index contributed by atoms with van der Waals surface area (Å²) in [6.45, 7) is 0.801. The van der Waals surface area contributed by atoms with Gasteiger partial charge in [-0.1, -0.05) is 12.2 Å². The summed E-state index contributed by atoms with van der Waals surface area (Å²) in [7, 11) is 0. The van der Waals surface area contributed by atoms with Gasteiger partial charge in [0, 0.05) is 30.6 Å². The van der Waals surface area contributed by atoms with Crippen LogP contribution in [0.4, 0.5) is 0 Å². The first-order chi connectivity index (χ1) is 8.36. The van der Waals surface area contributed by atoms with Crippen LogP contribution < -0.4 is 0 Å². The molecular formula is C13H15N3O. The lowest BCUT2D eigenvalue weighted by atomic mass is 9.88. The van der Waals surface area contributed by atoms with Crippen LogP contribution in [0.5, 0.6) is 0 Å². The van der Waals surface area contributed by atoms with Crippen molar-refractivity contribution in [2.75, 3.05) is 6.54 Å². The number of carbonyl (C=O) groups excluding carboxylic acids is 1. The van der Waals surface area contributed by atoms with Crippen molar-refractivity contribution in [3.63, 3.8) is 0 Å². The molecule has 0 aromatic carbocycles. The number of carbonyl (C=O) groups is 1. The van der Waals surface area contributed by atoms with Crippen LogP contribution in [0.15, 0.2) is 36.3 Å². The number of hydrogen-bond donors (Lipinski definition) is 1. The molecule has 0 bridgehead atoms. The molecule has 3 rings (SSSR count). The molecule has 1 saturated heterocycles. The number of H-pyrrole nitrogens is 1. The van der Waals surface area contributed by atoms with Crippen molar-refractivity contribution < 1.29 is 4.79 Å². The predicted octanol–water partition coefficient (Wildman–Crippen LogP) is 2.11. The van der Waals surface area contributed by atoms with E-state index in [0.29, 0.717) is 11.7 Å². The highest BCUT2D eigenvalue weighted by Gasteiger charge is 2.30. The molecule has 1 unspecified atom stereocenters. The molecular weight excluding hydrogens is 214 g/mol. The van der Waals surface area contributed by atoms with Crippen molar-refractivity contribution in [2.24, 2.45) is 5.92 Å². The van der Waals surface area contributed by atoms with Crippen molar-refractivity contribution >= 4 is 5.91 Å². The van der Waals surface area contributed by atoms with Gasteiger partial charge in [0.2, 0.25) is 0 Å². The second-order valence-corrected chi connectivity index (χ2v) is 4.49. The Labute approximate surface area is 100 Å². The molecule has 4 nitrogen and oxygen atoms in total. The topological polar surface area (TPSA) is 49.0 Å². The summed E-state index contributed by atoms with van der Waals surface area (Å²) in [4.78, 5) is 21.1. The van der Waals surface area contributed by atoms with E-state index in [4.69, 9.17) is 0 Å². The lowest BCUT2D eigenvalue weighted by Crippen LogP contribution is -2.38. The summed E-state index contributed by atoms with van der Waals surface area (Å²) in [5.41, 5.74) is 1.15. The van der Waals surface area contributed by atoms with E-state index in [1.807, 2.05) is 11.0 Å². The maximum Gasteiger partial charge on any atom is 0.293 e. The second kappa shape index (κ2) is 4.20. The van der Waals surface area contributed by atoms with Crippen molar-refractivity contribution in [1.29, 1.82) is 0 Å². The molecule has 1 aliphatic heterocycles. The van der Waals surface area contributed by atoms with E-state index in [2.05, 4.69) is 22.1 Å². The molecule has 2 heterocycles. The Hall–Kier alpha value is -1.84. The van der Waals surface area contributed by atoms with Gasteiger partial charge in [-0.05, 0) is 25.3 Å². The number of hydrogen-bond acceptors (Lipinski definition) is 2. The van der Waals surface area contributed by atoms with E-state index in [1.54, 1.807) is 12.4 Å². The Bertz CT molecular complexity index is 473. The van der Waals surface area contributed by atoms with Crippen LogP contribution in [0.3, 0.4) is 0 Å². The number of rotatable bonds is 1. The predicted molar refractivity (Wildman–Crippen MR) is 64.2 cm³/mol. The minimum absolute atomic E-state index is 0.0127. The molecule has 1 aromatic rings. The van der Waals surface area contributed by atoms with E-state index >= 15 is 0 Å². The lowest BCUT2D eigenvalue weighted by Gasteiger charge is -2.36. The fourth-order valence-electron chi connectivity index (χ4n) is 2.60. The number of allylic oxidation sites excluding steroid dienone is 4. The minimum atomic E-state index is -0.0127. The van der Waals surface area contributed by atoms with E-state index in [-0.39, 0.29) is 5.91 Å². The molecule has 0 saturated carbocycles. The van der Waals surface area contributed by atoms with Gasteiger partial charge in [-0.3, -0.25) is 4.79 Å². The Balaban J connectivity index is 1.89. The summed E-state index contributed by atoms with van der Waals surface area (Å²) in [5, 5.41) is 0. The van der Waals surface area contributed by atoms with Crippen LogP contribution in [-0.4, -0.2) is 27.3 Å². The Morgan fingerprint density at radius 1 is 1.53 bits per heavy atom. The first kappa shape index (κ1) is 10.3. The molecule has 17 heavy (non-hydrogen) atoms. The number of fused-ring (bicyclic) bond motifs is 1. The highest BCUT2D eigenvalue weighted by molar-refractivity contribution is 5.92. The van der Waals surface area contributed by atoms with Crippen LogP contribution in [0, 0.1) is 5.92 Å². The minimum Gasteiger partial charge on any atom is -0.341 e. The molecule has 1 aromatic heterocycles. The number of aromatic nitrogens is 2. The summed E-state index contributed by atoms with van der Waals surface area (Å²) in [6, 6.07) is 0. The zero-order valence-electron chi connectivity index (χ0n) is 9.60. The maximum atomic E-state index is 12.3. The molecule has 1 atom stereocenters. The monoisotopic (exact) mass is 229 g/mol. The number of nitrogens with zero attached hydrogens (tertiary/aromatic N) is 2. The van der Waals surface area contributed by atoms with E-state index in [0.717, 1.165) is 25.1 Å². The summed E-state index contributed by atoms with van der Waals surface area (Å²) >= 11 is 0. The first-order valence-corrected chi connectivity index (χ1v) is 6.04. The van der Waals surface area contributed by atoms with Crippen LogP contribution in [0.2, 0.25) is 0 Å². The van der Waals surface area contributed by atoms with Crippen molar-refractivity contribution in [2.45, 2.75) is 19.3 Å². The average Bonchev–Trinajstić information content (AvgIpc) is 2.91. The standard InChI is InChI=1S/C13H15N3O/c17-13(12-14-7-8-15-12)16-9-3-5-10-4-1-2-6-11(10)16/h1-2,6-8,10H,3-5,9H2,(H,14,15). The van der Waals surface area contributed by atoms with Gasteiger partial charge in [0.25, 0.3) is 5.91 Å². The molecule has 1 amide bonds. The summed E-state index contributed by atoms with van der Waals surface area (Å²) < 4.78 is 0. The van der Waals surface area contributed by atoms with Gasteiger partial charge in [-0.25, -0.2) is 4.98 Å². The Morgan fingerprint density at radius 2 is 2.47 bits per heavy atom. The third-order valence-electron chi connectivity index (χ3n) is 3.43. The van der Waals surface area contributed by atoms with Crippen LogP contribution >= 0.6 is 0 Å². The second-order valence-electron chi connectivity index (χ2n) is 4.49. The molecule has 4 heteroatoms. The zero-order chi connectivity index (χ0) is 11.7. The molecule has 0 radical (unpaired) electrons. The third kappa shape index (κ3) is 1.79. The first-order valence-electron chi connectivity index (χ1n) is 6.04. The van der Waals surface area contributed by atoms with Crippen LogP contribution in [0.1, 0.15) is 29.9 Å². The third-order valence-corrected chi connectivity index (χ3v) is 3.43. The zero-order valence-corrected chi connectivity index (χ0v) is 9.60. The highest BCUT2D eigenvalue weighted by atomic mass is 16.2. The fraction of sp³-hybridized carbons (Fsp3) is 0.385. The van der Waals surface area contributed by atoms with Crippen molar-refractivity contribution in [3.05, 3.63) is 42.1 Å². The number of piperidine rings is 1. The number of aromatic amines is 1. The van der Waals surface area contributed by atoms with Gasteiger partial charge in [0.05, 0.1) is 0 Å². The van der Waals surface area contributed by atoms with Crippen LogP contribution in [0.25, 0.3) is 0 Å². The molecule has 1 N–H and O–H groups in total. The quantitative estimate of drug-likeness (QED) is 0.801. The number of imidazole rings is 1. The van der Waals surface area contributed by atoms with E-state index in [1.165, 1.54) is 6.42 Å². The lowest BCUT2D eigenvalue weighted by molar-refractivity contribution is 0.0746. The van der Waals surface area contributed by atoms with Crippen molar-refractivity contribution in [3.8, 4) is 0 Å². The fourth-order valence-corrected chi connectivity index (χ4v) is 2.60. The van der Waals surface area contributed by atoms with Gasteiger partial charge in [0.1, 0.15) is 0 Å². The maximum absolute atomic E-state index is 12.3. The summed E-state index contributed by atoms with van der Waals surface area (Å²) in [6.07, 6.45) is 12.9. The van der Waals surface area contributed by atoms with Gasteiger partial charge >= 0.3 is 0 Å². The van der Waals surface area contributed by atoms with Gasteiger partial charge in [-0.15, -0.1) is 0 Å². The largest absolute Gasteiger partial charge is 0.341 e. The summed E-state index contributed by atoms with van der Waals surface area (Å²) in [5.74, 6) is 0.926. The Kier molecular flexibility index (Phi) is 2.55. The molecule has 2 aliphatic rings. The van der Waals surface area contributed by atoms with E-state index < -0.39 is 0 Å². The number of amides is 1. The number of likely N-dealkylation sites (tertiary alicyclic amines) is 1. The smallest absolute Gasteiger partial charge is 0.293 e. The highest BCUT2D eigenvalue weighted by Crippen LogP contribution is 2.32. The van der Waals surface area contributed by atoms with Crippen molar-refractivity contribution in [1.82, 2.24) is 14.9 Å². The number of nitrogens with one attached hydrogen (secondary N) is 1. The molecule has 1 fully saturated rings. The Morgan fingerprint density at radius 3 is 3.29 bits per heavy atom. The van der Waals surface area contributed by atoms with E-state index in [9.17, 15) is 4.79 Å².